The molecule has 0 spiro atoms. The number of Topliss-reactive ketones (excluding diaryl/α,β-unsaturated/α-hetero) is 2. The molecule has 11 nitrogen and oxygen atoms in total. The first-order valence-electron chi connectivity index (χ1n) is 18.7. The van der Waals surface area contributed by atoms with Crippen LogP contribution in [0.4, 0.5) is 0 Å². The SMILES string of the molecule is C=C(C)[C@H]1Cc2c(ccc3c2O[C@@H]2COc4cc(OC)c(OC)cc4[C@@H]2C3=O)O1.C=C/C=C/CC1=C(C)[C@@H](OC(=O)[C@@H]2[C@@H](/C=C(\C)C(=O)OC)C2(C)C)CC1=O. The van der Waals surface area contributed by atoms with Crippen molar-refractivity contribution in [3.63, 3.8) is 0 Å². The molecule has 2 aromatic rings. The molecule has 56 heavy (non-hydrogen) atoms. The van der Waals surface area contributed by atoms with Crippen molar-refractivity contribution in [2.45, 2.75) is 78.1 Å². The fraction of sp³-hybridized carbons (Fsp3) is 0.422. The molecular weight excluding hydrogens is 716 g/mol. The molecule has 0 bridgehead atoms. The van der Waals surface area contributed by atoms with Gasteiger partial charge in [0, 0.05) is 34.8 Å². The molecule has 1 saturated carbocycles. The normalized spacial score (nSPS) is 25.2. The Morgan fingerprint density at radius 3 is 2.38 bits per heavy atom. The quantitative estimate of drug-likeness (QED) is 0.104. The van der Waals surface area contributed by atoms with E-state index in [1.807, 2.05) is 45.9 Å². The number of carbonyl (C=O) groups is 4. The minimum Gasteiger partial charge on any atom is -0.493 e. The smallest absolute Gasteiger partial charge is 0.333 e. The Hall–Kier alpha value is -5.58. The van der Waals surface area contributed by atoms with Crippen molar-refractivity contribution in [2.75, 3.05) is 27.9 Å². The monoisotopic (exact) mass is 766 g/mol. The van der Waals surface area contributed by atoms with Crippen LogP contribution in [0.25, 0.3) is 0 Å². The van der Waals surface area contributed by atoms with E-state index in [9.17, 15) is 19.2 Å². The van der Waals surface area contributed by atoms with Crippen molar-refractivity contribution in [1.82, 2.24) is 0 Å². The molecular formula is C45H50O11. The lowest BCUT2D eigenvalue weighted by atomic mass is 9.81. The van der Waals surface area contributed by atoms with Gasteiger partial charge in [0.1, 0.15) is 42.2 Å². The van der Waals surface area contributed by atoms with Gasteiger partial charge < -0.3 is 33.2 Å². The number of fused-ring (bicyclic) bond motifs is 6. The lowest BCUT2D eigenvalue weighted by molar-refractivity contribution is -0.150. The minimum absolute atomic E-state index is 0.0204. The van der Waals surface area contributed by atoms with Crippen molar-refractivity contribution in [3.05, 3.63) is 101 Å². The maximum absolute atomic E-state index is 13.5. The molecule has 7 rings (SSSR count). The molecule has 6 atom stereocenters. The zero-order chi connectivity index (χ0) is 40.6. The molecule has 2 aliphatic carbocycles. The van der Waals surface area contributed by atoms with Gasteiger partial charge in [-0.3, -0.25) is 14.4 Å². The molecule has 0 radical (unpaired) electrons. The largest absolute Gasteiger partial charge is 0.493 e. The highest BCUT2D eigenvalue weighted by Crippen LogP contribution is 2.60. The van der Waals surface area contributed by atoms with Gasteiger partial charge in [0.15, 0.2) is 23.1 Å². The van der Waals surface area contributed by atoms with E-state index in [-0.39, 0.29) is 53.9 Å². The highest BCUT2D eigenvalue weighted by molar-refractivity contribution is 6.06. The third kappa shape index (κ3) is 7.39. The molecule has 11 heteroatoms. The Morgan fingerprint density at radius 2 is 1.71 bits per heavy atom. The van der Waals surface area contributed by atoms with Gasteiger partial charge in [-0.25, -0.2) is 4.79 Å². The van der Waals surface area contributed by atoms with E-state index >= 15 is 0 Å². The number of rotatable bonds is 10. The second-order valence-corrected chi connectivity index (χ2v) is 15.4. The Bertz CT molecular complexity index is 2080. The van der Waals surface area contributed by atoms with Gasteiger partial charge in [-0.05, 0) is 67.9 Å². The van der Waals surface area contributed by atoms with E-state index in [1.54, 1.807) is 51.5 Å². The van der Waals surface area contributed by atoms with Crippen LogP contribution in [0.3, 0.4) is 0 Å². The Balaban J connectivity index is 0.000000191. The first kappa shape index (κ1) is 40.1. The summed E-state index contributed by atoms with van der Waals surface area (Å²) in [6.07, 6.45) is 7.48. The zero-order valence-electron chi connectivity index (χ0n) is 33.3. The van der Waals surface area contributed by atoms with Crippen LogP contribution in [0.1, 0.15) is 74.9 Å². The van der Waals surface area contributed by atoms with Crippen LogP contribution in [0.2, 0.25) is 0 Å². The van der Waals surface area contributed by atoms with Crippen LogP contribution in [0, 0.1) is 17.3 Å². The lowest BCUT2D eigenvalue weighted by Gasteiger charge is -2.37. The summed E-state index contributed by atoms with van der Waals surface area (Å²) in [5, 5.41) is 0. The van der Waals surface area contributed by atoms with Gasteiger partial charge in [0.2, 0.25) is 0 Å². The molecule has 0 unspecified atom stereocenters. The highest BCUT2D eigenvalue weighted by Gasteiger charge is 2.62. The maximum Gasteiger partial charge on any atom is 0.333 e. The summed E-state index contributed by atoms with van der Waals surface area (Å²) in [6.45, 7) is 17.3. The molecule has 296 valence electrons. The van der Waals surface area contributed by atoms with Crippen molar-refractivity contribution in [1.29, 1.82) is 0 Å². The van der Waals surface area contributed by atoms with Crippen molar-refractivity contribution >= 4 is 23.5 Å². The van der Waals surface area contributed by atoms with Gasteiger partial charge in [-0.15, -0.1) is 0 Å². The summed E-state index contributed by atoms with van der Waals surface area (Å²) < 4.78 is 39.4. The lowest BCUT2D eigenvalue weighted by Crippen LogP contribution is -2.43. The van der Waals surface area contributed by atoms with Crippen LogP contribution in [0.5, 0.6) is 28.7 Å². The van der Waals surface area contributed by atoms with Crippen molar-refractivity contribution in [3.8, 4) is 28.7 Å². The molecule has 3 aliphatic heterocycles. The fourth-order valence-electron chi connectivity index (χ4n) is 8.04. The fourth-order valence-corrected chi connectivity index (χ4v) is 8.04. The number of ketones is 2. The topological polar surface area (TPSA) is 133 Å². The minimum atomic E-state index is -0.500. The third-order valence-electron chi connectivity index (χ3n) is 11.5. The zero-order valence-corrected chi connectivity index (χ0v) is 33.3. The van der Waals surface area contributed by atoms with Gasteiger partial charge in [-0.2, -0.15) is 0 Å². The van der Waals surface area contributed by atoms with Crippen molar-refractivity contribution in [2.24, 2.45) is 17.3 Å². The number of hydrogen-bond donors (Lipinski definition) is 0. The average Bonchev–Trinajstić information content (AvgIpc) is 3.41. The first-order valence-corrected chi connectivity index (χ1v) is 18.7. The maximum atomic E-state index is 13.5. The summed E-state index contributed by atoms with van der Waals surface area (Å²) in [5.41, 5.74) is 4.94. The number of benzene rings is 2. The molecule has 2 aromatic carbocycles. The van der Waals surface area contributed by atoms with Crippen molar-refractivity contribution < 1.29 is 52.3 Å². The number of hydrogen-bond acceptors (Lipinski definition) is 11. The van der Waals surface area contributed by atoms with E-state index < -0.39 is 24.1 Å². The molecule has 1 fully saturated rings. The van der Waals surface area contributed by atoms with Crippen LogP contribution < -0.4 is 23.7 Å². The number of carbonyl (C=O) groups excluding carboxylic acids is 4. The first-order chi connectivity index (χ1) is 26.7. The number of allylic oxidation sites excluding steroid dienone is 5. The van der Waals surface area contributed by atoms with E-state index in [1.165, 1.54) is 7.11 Å². The van der Waals surface area contributed by atoms with Gasteiger partial charge in [0.25, 0.3) is 0 Å². The third-order valence-corrected chi connectivity index (χ3v) is 11.5. The number of ether oxygens (including phenoxy) is 7. The molecule has 0 saturated heterocycles. The molecule has 0 amide bonds. The summed E-state index contributed by atoms with van der Waals surface area (Å²) >= 11 is 0. The Kier molecular flexibility index (Phi) is 11.4. The van der Waals surface area contributed by atoms with Gasteiger partial charge in [0.05, 0.1) is 45.1 Å². The second-order valence-electron chi connectivity index (χ2n) is 15.4. The van der Waals surface area contributed by atoms with E-state index in [0.29, 0.717) is 52.5 Å². The van der Waals surface area contributed by atoms with Crippen LogP contribution >= 0.6 is 0 Å². The second kappa shape index (κ2) is 15.9. The average molecular weight is 767 g/mol. The Labute approximate surface area is 328 Å². The summed E-state index contributed by atoms with van der Waals surface area (Å²) in [6, 6.07) is 7.23. The van der Waals surface area contributed by atoms with E-state index in [2.05, 4.69) is 13.2 Å². The molecule has 0 aromatic heterocycles. The van der Waals surface area contributed by atoms with Gasteiger partial charge in [-0.1, -0.05) is 51.3 Å². The van der Waals surface area contributed by atoms with Gasteiger partial charge >= 0.3 is 11.9 Å². The van der Waals surface area contributed by atoms with Crippen LogP contribution in [-0.2, 0) is 30.3 Å². The predicted octanol–water partition coefficient (Wildman–Crippen LogP) is 7.41. The number of esters is 2. The molecule has 0 N–H and O–H groups in total. The predicted molar refractivity (Wildman–Crippen MR) is 209 cm³/mol. The van der Waals surface area contributed by atoms with Crippen LogP contribution in [-0.4, -0.2) is 69.8 Å². The summed E-state index contributed by atoms with van der Waals surface area (Å²) in [7, 11) is 4.47. The molecule has 3 heterocycles. The highest BCUT2D eigenvalue weighted by atomic mass is 16.6. The van der Waals surface area contributed by atoms with E-state index in [4.69, 9.17) is 33.2 Å². The summed E-state index contributed by atoms with van der Waals surface area (Å²) in [4.78, 5) is 50.1. The standard InChI is InChI=1S/C23H22O6.C22H28O5/c1-11(2)16-8-14-15(28-16)6-5-12-22(24)21-13-7-18(25-3)19(26-4)9-17(13)27-10-20(21)29-23(12)14;1-7-8-9-10-15-14(3)18(12-17(15)23)27-21(25)19-16(22(19,4)5)11-13(2)20(24)26-6/h5-7,9,16,20-21H,1,8,10H2,2-4H3;7-9,11,16,18-19H,1,10,12H2,2-6H3/b;9-8+,13-11+/t16-,20-,21+;16-,18+,19+/m11/s1. The Morgan fingerprint density at radius 1 is 1.00 bits per heavy atom. The molecule has 5 aliphatic rings. The van der Waals surface area contributed by atoms with E-state index in [0.717, 1.165) is 28.0 Å². The number of methoxy groups -OCH3 is 3. The van der Waals surface area contributed by atoms with Crippen LogP contribution in [0.15, 0.2) is 84.0 Å². The summed E-state index contributed by atoms with van der Waals surface area (Å²) in [5.74, 6) is 1.57.